The summed E-state index contributed by atoms with van der Waals surface area (Å²) in [5.74, 6) is 0. The Balaban J connectivity index is 1.79. The van der Waals surface area contributed by atoms with Gasteiger partial charge in [0.2, 0.25) is 0 Å². The minimum absolute atomic E-state index is 0.0176. The number of hydrogen-bond acceptors (Lipinski definition) is 3. The van der Waals surface area contributed by atoms with E-state index < -0.39 is 0 Å². The predicted molar refractivity (Wildman–Crippen MR) is 66.9 cm³/mol. The van der Waals surface area contributed by atoms with Crippen LogP contribution in [0.2, 0.25) is 0 Å². The molecule has 1 fully saturated rings. The van der Waals surface area contributed by atoms with E-state index in [1.807, 2.05) is 6.07 Å². The molecule has 1 aliphatic rings. The SMILES string of the molecule is NC1CCCCC1OCCn1ccccc1=O. The fourth-order valence-corrected chi connectivity index (χ4v) is 2.28. The summed E-state index contributed by atoms with van der Waals surface area (Å²) in [6.45, 7) is 1.16. The number of pyridine rings is 1. The maximum atomic E-state index is 11.4. The van der Waals surface area contributed by atoms with Gasteiger partial charge >= 0.3 is 0 Å². The van der Waals surface area contributed by atoms with Gasteiger partial charge in [-0.15, -0.1) is 0 Å². The fraction of sp³-hybridized carbons (Fsp3) is 0.615. The van der Waals surface area contributed by atoms with E-state index in [9.17, 15) is 4.79 Å². The van der Waals surface area contributed by atoms with E-state index in [2.05, 4.69) is 0 Å². The monoisotopic (exact) mass is 236 g/mol. The van der Waals surface area contributed by atoms with Gasteiger partial charge in [0.1, 0.15) is 0 Å². The summed E-state index contributed by atoms with van der Waals surface area (Å²) in [6.07, 6.45) is 6.46. The topological polar surface area (TPSA) is 57.2 Å². The van der Waals surface area contributed by atoms with Gasteiger partial charge in [0.25, 0.3) is 5.56 Å². The van der Waals surface area contributed by atoms with E-state index in [0.717, 1.165) is 12.8 Å². The Morgan fingerprint density at radius 1 is 1.35 bits per heavy atom. The Kier molecular flexibility index (Phi) is 4.34. The molecule has 2 rings (SSSR count). The highest BCUT2D eigenvalue weighted by Crippen LogP contribution is 2.19. The molecular formula is C13H20N2O2. The second-order valence-corrected chi connectivity index (χ2v) is 4.59. The van der Waals surface area contributed by atoms with Crippen LogP contribution in [0.25, 0.3) is 0 Å². The number of nitrogens with two attached hydrogens (primary N) is 1. The molecule has 1 aromatic heterocycles. The molecule has 1 aliphatic carbocycles. The van der Waals surface area contributed by atoms with Gasteiger partial charge in [0, 0.05) is 24.8 Å². The number of ether oxygens (including phenoxy) is 1. The number of nitrogens with zero attached hydrogens (tertiary/aromatic N) is 1. The van der Waals surface area contributed by atoms with Crippen LogP contribution in [0.1, 0.15) is 25.7 Å². The Hall–Kier alpha value is -1.13. The first-order valence-corrected chi connectivity index (χ1v) is 6.30. The Labute approximate surface area is 101 Å². The lowest BCUT2D eigenvalue weighted by Crippen LogP contribution is -2.40. The van der Waals surface area contributed by atoms with Gasteiger partial charge in [-0.25, -0.2) is 0 Å². The molecule has 2 atom stereocenters. The molecule has 2 unspecified atom stereocenters. The van der Waals surface area contributed by atoms with Crippen LogP contribution in [0.5, 0.6) is 0 Å². The van der Waals surface area contributed by atoms with Crippen LogP contribution in [-0.2, 0) is 11.3 Å². The second kappa shape index (κ2) is 5.98. The molecule has 0 aliphatic heterocycles. The average Bonchev–Trinajstić information content (AvgIpc) is 2.34. The summed E-state index contributed by atoms with van der Waals surface area (Å²) >= 11 is 0. The Bertz CT molecular complexity index is 402. The van der Waals surface area contributed by atoms with Gasteiger partial charge in [-0.2, -0.15) is 0 Å². The lowest BCUT2D eigenvalue weighted by molar-refractivity contribution is 0.0109. The van der Waals surface area contributed by atoms with E-state index in [4.69, 9.17) is 10.5 Å². The van der Waals surface area contributed by atoms with Crippen molar-refractivity contribution in [2.24, 2.45) is 5.73 Å². The highest BCUT2D eigenvalue weighted by atomic mass is 16.5. The third-order valence-corrected chi connectivity index (χ3v) is 3.32. The summed E-state index contributed by atoms with van der Waals surface area (Å²) in [5, 5.41) is 0. The zero-order chi connectivity index (χ0) is 12.1. The average molecular weight is 236 g/mol. The first-order valence-electron chi connectivity index (χ1n) is 6.30. The summed E-state index contributed by atoms with van der Waals surface area (Å²) in [4.78, 5) is 11.4. The van der Waals surface area contributed by atoms with Crippen LogP contribution in [0.4, 0.5) is 0 Å². The molecule has 0 saturated heterocycles. The van der Waals surface area contributed by atoms with E-state index >= 15 is 0 Å². The molecule has 4 heteroatoms. The zero-order valence-electron chi connectivity index (χ0n) is 10.0. The molecule has 0 radical (unpaired) electrons. The first-order chi connectivity index (χ1) is 8.27. The predicted octanol–water partition coefficient (Wildman–Crippen LogP) is 1.13. The summed E-state index contributed by atoms with van der Waals surface area (Å²) in [7, 11) is 0. The third kappa shape index (κ3) is 3.41. The number of hydrogen-bond donors (Lipinski definition) is 1. The first kappa shape index (κ1) is 12.3. The number of aromatic nitrogens is 1. The minimum Gasteiger partial charge on any atom is -0.375 e. The maximum absolute atomic E-state index is 11.4. The summed E-state index contributed by atoms with van der Waals surface area (Å²) in [6, 6.07) is 5.33. The largest absolute Gasteiger partial charge is 0.375 e. The van der Waals surface area contributed by atoms with Gasteiger partial charge < -0.3 is 15.0 Å². The lowest BCUT2D eigenvalue weighted by Gasteiger charge is -2.28. The van der Waals surface area contributed by atoms with Crippen LogP contribution in [0.15, 0.2) is 29.2 Å². The van der Waals surface area contributed by atoms with Gasteiger partial charge in [0.05, 0.1) is 12.7 Å². The van der Waals surface area contributed by atoms with Crippen molar-refractivity contribution in [1.82, 2.24) is 4.57 Å². The Morgan fingerprint density at radius 3 is 2.94 bits per heavy atom. The quantitative estimate of drug-likeness (QED) is 0.852. The van der Waals surface area contributed by atoms with E-state index in [0.29, 0.717) is 13.2 Å². The van der Waals surface area contributed by atoms with Crippen LogP contribution in [0, 0.1) is 0 Å². The third-order valence-electron chi connectivity index (χ3n) is 3.32. The molecule has 2 N–H and O–H groups in total. The molecule has 0 amide bonds. The van der Waals surface area contributed by atoms with E-state index in [1.54, 1.807) is 22.9 Å². The maximum Gasteiger partial charge on any atom is 0.250 e. The molecule has 1 aromatic rings. The highest BCUT2D eigenvalue weighted by molar-refractivity contribution is 4.93. The van der Waals surface area contributed by atoms with Gasteiger partial charge in [-0.3, -0.25) is 4.79 Å². The van der Waals surface area contributed by atoms with Crippen molar-refractivity contribution in [2.75, 3.05) is 6.61 Å². The standard InChI is InChI=1S/C13H20N2O2/c14-11-5-1-2-6-12(11)17-10-9-15-8-4-3-7-13(15)16/h3-4,7-8,11-12H,1-2,5-6,9-10,14H2. The molecule has 1 heterocycles. The molecule has 17 heavy (non-hydrogen) atoms. The van der Waals surface area contributed by atoms with E-state index in [-0.39, 0.29) is 17.7 Å². The van der Waals surface area contributed by atoms with Crippen molar-refractivity contribution >= 4 is 0 Å². The van der Waals surface area contributed by atoms with Crippen molar-refractivity contribution in [2.45, 2.75) is 44.4 Å². The van der Waals surface area contributed by atoms with Crippen molar-refractivity contribution < 1.29 is 4.74 Å². The normalized spacial score (nSPS) is 24.8. The summed E-state index contributed by atoms with van der Waals surface area (Å²) in [5.41, 5.74) is 6.01. The zero-order valence-corrected chi connectivity index (χ0v) is 10.0. The Morgan fingerprint density at radius 2 is 2.18 bits per heavy atom. The van der Waals surface area contributed by atoms with Gasteiger partial charge in [-0.05, 0) is 18.9 Å². The van der Waals surface area contributed by atoms with Crippen LogP contribution < -0.4 is 11.3 Å². The molecule has 0 aromatic carbocycles. The van der Waals surface area contributed by atoms with Crippen molar-refractivity contribution in [3.63, 3.8) is 0 Å². The number of rotatable bonds is 4. The van der Waals surface area contributed by atoms with Gasteiger partial charge in [0.15, 0.2) is 0 Å². The molecule has 0 spiro atoms. The molecule has 0 bridgehead atoms. The molecule has 4 nitrogen and oxygen atoms in total. The van der Waals surface area contributed by atoms with Crippen LogP contribution in [-0.4, -0.2) is 23.3 Å². The minimum atomic E-state index is 0.0176. The second-order valence-electron chi connectivity index (χ2n) is 4.59. The molecule has 1 saturated carbocycles. The van der Waals surface area contributed by atoms with Crippen molar-refractivity contribution in [1.29, 1.82) is 0 Å². The highest BCUT2D eigenvalue weighted by Gasteiger charge is 2.21. The lowest BCUT2D eigenvalue weighted by atomic mass is 9.93. The van der Waals surface area contributed by atoms with Crippen molar-refractivity contribution in [3.8, 4) is 0 Å². The molecule has 94 valence electrons. The molecular weight excluding hydrogens is 216 g/mol. The smallest absolute Gasteiger partial charge is 0.250 e. The van der Waals surface area contributed by atoms with Crippen LogP contribution in [0.3, 0.4) is 0 Å². The van der Waals surface area contributed by atoms with E-state index in [1.165, 1.54) is 12.8 Å². The van der Waals surface area contributed by atoms with Gasteiger partial charge in [-0.1, -0.05) is 18.9 Å². The fourth-order valence-electron chi connectivity index (χ4n) is 2.28. The summed E-state index contributed by atoms with van der Waals surface area (Å²) < 4.78 is 7.43. The van der Waals surface area contributed by atoms with Crippen LogP contribution >= 0.6 is 0 Å². The van der Waals surface area contributed by atoms with Crippen molar-refractivity contribution in [3.05, 3.63) is 34.7 Å².